The van der Waals surface area contributed by atoms with E-state index < -0.39 is 9.84 Å². The van der Waals surface area contributed by atoms with Gasteiger partial charge >= 0.3 is 0 Å². The number of fused-ring (bicyclic) bond motifs is 1. The fraction of sp³-hybridized carbons (Fsp3) is 0.269. The first-order valence-electron chi connectivity index (χ1n) is 11.4. The summed E-state index contributed by atoms with van der Waals surface area (Å²) in [5.74, 6) is 0.365. The molecule has 0 aliphatic carbocycles. The Balaban J connectivity index is 1.68. The third kappa shape index (κ3) is 4.39. The second-order valence-electron chi connectivity index (χ2n) is 8.86. The number of pyridine rings is 1. The molecule has 1 saturated heterocycles. The number of nitrogens with zero attached hydrogens (tertiary/aromatic N) is 3. The molecule has 8 nitrogen and oxygen atoms in total. The first-order valence-corrected chi connectivity index (χ1v) is 13.2. The Bertz CT molecular complexity index is 1540. The highest BCUT2D eigenvalue weighted by Gasteiger charge is 2.32. The molecule has 1 unspecified atom stereocenters. The van der Waals surface area contributed by atoms with Gasteiger partial charge in [0.15, 0.2) is 15.5 Å². The maximum Gasteiger partial charge on any atom is 0.256 e. The van der Waals surface area contributed by atoms with Crippen molar-refractivity contribution in [3.05, 3.63) is 71.4 Å². The van der Waals surface area contributed by atoms with Crippen molar-refractivity contribution in [3.63, 3.8) is 0 Å². The van der Waals surface area contributed by atoms with Crippen molar-refractivity contribution in [1.29, 1.82) is 0 Å². The number of hydrogen-bond acceptors (Lipinski definition) is 6. The summed E-state index contributed by atoms with van der Waals surface area (Å²) >= 11 is 0. The van der Waals surface area contributed by atoms with Gasteiger partial charge in [-0.1, -0.05) is 42.0 Å². The van der Waals surface area contributed by atoms with Crippen molar-refractivity contribution < 1.29 is 17.9 Å². The van der Waals surface area contributed by atoms with Crippen LogP contribution in [-0.2, 0) is 9.84 Å². The molecule has 5 rings (SSSR count). The molecule has 35 heavy (non-hydrogen) atoms. The maximum atomic E-state index is 13.6. The molecule has 0 bridgehead atoms. The van der Waals surface area contributed by atoms with Crippen molar-refractivity contribution in [2.24, 2.45) is 0 Å². The van der Waals surface area contributed by atoms with Gasteiger partial charge in [-0.3, -0.25) is 4.79 Å². The molecule has 1 N–H and O–H groups in total. The van der Waals surface area contributed by atoms with Gasteiger partial charge in [-0.05, 0) is 38.5 Å². The van der Waals surface area contributed by atoms with Gasteiger partial charge in [-0.2, -0.15) is 5.10 Å². The van der Waals surface area contributed by atoms with Crippen LogP contribution in [0.2, 0.25) is 0 Å². The number of para-hydroxylation sites is 2. The monoisotopic (exact) mass is 490 g/mol. The smallest absolute Gasteiger partial charge is 0.256 e. The number of carbonyl (C=O) groups is 1. The fourth-order valence-corrected chi connectivity index (χ4v) is 6.22. The molecule has 9 heteroatoms. The average Bonchev–Trinajstić information content (AvgIpc) is 3.38. The number of methoxy groups -OCH3 is 1. The van der Waals surface area contributed by atoms with Crippen LogP contribution in [0.15, 0.2) is 54.6 Å². The Kier molecular flexibility index (Phi) is 5.80. The zero-order valence-electron chi connectivity index (χ0n) is 19.8. The fourth-order valence-electron chi connectivity index (χ4n) is 4.52. The van der Waals surface area contributed by atoms with Crippen LogP contribution in [0.4, 0.5) is 5.69 Å². The SMILES string of the molecule is COc1ccccc1NC(=O)c1cc(-c2ccc(C)cc2)nc2c1c(C)nn2C1CCS(=O)(=O)C1. The number of sulfone groups is 1. The molecule has 0 saturated carbocycles. The lowest BCUT2D eigenvalue weighted by atomic mass is 10.0. The van der Waals surface area contributed by atoms with E-state index in [2.05, 4.69) is 10.4 Å². The van der Waals surface area contributed by atoms with E-state index in [0.717, 1.165) is 11.1 Å². The number of amides is 1. The maximum absolute atomic E-state index is 13.6. The van der Waals surface area contributed by atoms with Crippen LogP contribution in [0, 0.1) is 13.8 Å². The third-order valence-electron chi connectivity index (χ3n) is 6.34. The van der Waals surface area contributed by atoms with E-state index in [1.807, 2.05) is 50.2 Å². The van der Waals surface area contributed by atoms with E-state index in [4.69, 9.17) is 9.72 Å². The van der Waals surface area contributed by atoms with Crippen LogP contribution in [-0.4, -0.2) is 47.7 Å². The minimum Gasteiger partial charge on any atom is -0.495 e. The summed E-state index contributed by atoms with van der Waals surface area (Å²) in [5.41, 5.74) is 4.68. The van der Waals surface area contributed by atoms with Crippen molar-refractivity contribution in [2.75, 3.05) is 23.9 Å². The van der Waals surface area contributed by atoms with Crippen LogP contribution in [0.1, 0.15) is 34.1 Å². The van der Waals surface area contributed by atoms with Gasteiger partial charge in [-0.25, -0.2) is 18.1 Å². The van der Waals surface area contributed by atoms with Gasteiger partial charge < -0.3 is 10.1 Å². The number of nitrogens with one attached hydrogen (secondary N) is 1. The van der Waals surface area contributed by atoms with Gasteiger partial charge in [0.2, 0.25) is 0 Å². The van der Waals surface area contributed by atoms with E-state index in [1.54, 1.807) is 30.0 Å². The van der Waals surface area contributed by atoms with Crippen LogP contribution in [0.3, 0.4) is 0 Å². The standard InChI is InChI=1S/C26H26N4O4S/c1-16-8-10-18(11-9-16)22-14-20(26(31)28-21-6-4-5-7-23(21)34-3)24-17(2)29-30(25(24)27-22)19-12-13-35(32,33)15-19/h4-11,14,19H,12-13,15H2,1-3H3,(H,28,31). The lowest BCUT2D eigenvalue weighted by Crippen LogP contribution is -2.15. The summed E-state index contributed by atoms with van der Waals surface area (Å²) in [7, 11) is -1.58. The van der Waals surface area contributed by atoms with E-state index >= 15 is 0 Å². The van der Waals surface area contributed by atoms with Gasteiger partial charge in [-0.15, -0.1) is 0 Å². The normalized spacial score (nSPS) is 16.9. The number of rotatable bonds is 5. The Morgan fingerprint density at radius 1 is 1.11 bits per heavy atom. The number of hydrogen-bond donors (Lipinski definition) is 1. The highest BCUT2D eigenvalue weighted by Crippen LogP contribution is 2.33. The zero-order valence-corrected chi connectivity index (χ0v) is 20.6. The topological polar surface area (TPSA) is 103 Å². The lowest BCUT2D eigenvalue weighted by molar-refractivity contribution is 0.102. The summed E-state index contributed by atoms with van der Waals surface area (Å²) in [6.45, 7) is 3.82. The number of aromatic nitrogens is 3. The molecule has 2 aromatic heterocycles. The Morgan fingerprint density at radius 3 is 2.54 bits per heavy atom. The quantitative estimate of drug-likeness (QED) is 0.447. The molecular formula is C26H26N4O4S. The predicted molar refractivity (Wildman–Crippen MR) is 136 cm³/mol. The zero-order chi connectivity index (χ0) is 24.7. The van der Waals surface area contributed by atoms with E-state index in [-0.39, 0.29) is 23.5 Å². The molecule has 2 aromatic carbocycles. The lowest BCUT2D eigenvalue weighted by Gasteiger charge is -2.13. The molecule has 1 fully saturated rings. The van der Waals surface area contributed by atoms with Gasteiger partial charge in [0.1, 0.15) is 5.75 Å². The van der Waals surface area contributed by atoms with Crippen molar-refractivity contribution in [2.45, 2.75) is 26.3 Å². The van der Waals surface area contributed by atoms with Crippen LogP contribution >= 0.6 is 0 Å². The predicted octanol–water partition coefficient (Wildman–Crippen LogP) is 4.34. The van der Waals surface area contributed by atoms with Crippen molar-refractivity contribution in [3.8, 4) is 17.0 Å². The summed E-state index contributed by atoms with van der Waals surface area (Å²) in [6, 6.07) is 16.5. The Morgan fingerprint density at radius 2 is 1.86 bits per heavy atom. The van der Waals surface area contributed by atoms with Crippen LogP contribution in [0.25, 0.3) is 22.3 Å². The molecule has 180 valence electrons. The second-order valence-corrected chi connectivity index (χ2v) is 11.1. The molecule has 1 aliphatic rings. The van der Waals surface area contributed by atoms with E-state index in [0.29, 0.717) is 45.8 Å². The van der Waals surface area contributed by atoms with E-state index in [9.17, 15) is 13.2 Å². The van der Waals surface area contributed by atoms with Crippen LogP contribution < -0.4 is 10.1 Å². The molecule has 3 heterocycles. The molecule has 1 aliphatic heterocycles. The molecule has 1 atom stereocenters. The largest absolute Gasteiger partial charge is 0.495 e. The number of benzene rings is 2. The highest BCUT2D eigenvalue weighted by atomic mass is 32.2. The van der Waals surface area contributed by atoms with Gasteiger partial charge in [0, 0.05) is 5.56 Å². The molecule has 4 aromatic rings. The third-order valence-corrected chi connectivity index (χ3v) is 8.09. The summed E-state index contributed by atoms with van der Waals surface area (Å²) < 4.78 is 31.4. The molecule has 0 radical (unpaired) electrons. The minimum atomic E-state index is -3.13. The number of anilines is 1. The van der Waals surface area contributed by atoms with Crippen LogP contribution in [0.5, 0.6) is 5.75 Å². The second kappa shape index (κ2) is 8.81. The Labute approximate surface area is 203 Å². The minimum absolute atomic E-state index is 0.0163. The van der Waals surface area contributed by atoms with Gasteiger partial charge in [0.05, 0.1) is 52.7 Å². The van der Waals surface area contributed by atoms with E-state index in [1.165, 1.54) is 0 Å². The number of carbonyl (C=O) groups excluding carboxylic acids is 1. The summed E-state index contributed by atoms with van der Waals surface area (Å²) in [4.78, 5) is 18.5. The average molecular weight is 491 g/mol. The summed E-state index contributed by atoms with van der Waals surface area (Å²) in [5, 5.41) is 8.22. The Hall–Kier alpha value is -3.72. The molecule has 1 amide bonds. The molecular weight excluding hydrogens is 464 g/mol. The first kappa shape index (κ1) is 23.0. The van der Waals surface area contributed by atoms with Crippen molar-refractivity contribution >= 4 is 32.5 Å². The highest BCUT2D eigenvalue weighted by molar-refractivity contribution is 7.91. The summed E-state index contributed by atoms with van der Waals surface area (Å²) in [6.07, 6.45) is 0.470. The number of aryl methyl sites for hydroxylation is 2. The van der Waals surface area contributed by atoms with Crippen molar-refractivity contribution in [1.82, 2.24) is 14.8 Å². The first-order chi connectivity index (χ1) is 16.8. The molecule has 0 spiro atoms. The van der Waals surface area contributed by atoms with Gasteiger partial charge in [0.25, 0.3) is 5.91 Å². The number of ether oxygens (including phenoxy) is 1.